The van der Waals surface area contributed by atoms with Gasteiger partial charge in [-0.05, 0) is 19.1 Å². The monoisotopic (exact) mass is 408 g/mol. The van der Waals surface area contributed by atoms with Gasteiger partial charge < -0.3 is 15.4 Å². The van der Waals surface area contributed by atoms with Gasteiger partial charge in [-0.15, -0.1) is 0 Å². The van der Waals surface area contributed by atoms with Gasteiger partial charge in [-0.1, -0.05) is 25.6 Å². The van der Waals surface area contributed by atoms with Crippen LogP contribution in [0.3, 0.4) is 0 Å². The van der Waals surface area contributed by atoms with Crippen molar-refractivity contribution in [3.05, 3.63) is 6.20 Å². The van der Waals surface area contributed by atoms with Gasteiger partial charge in [-0.25, -0.2) is 14.6 Å². The molecule has 0 radical (unpaired) electrons. The Morgan fingerprint density at radius 2 is 2.07 bits per heavy atom. The van der Waals surface area contributed by atoms with Crippen molar-refractivity contribution in [1.82, 2.24) is 25.1 Å². The number of hydrogen-bond donors (Lipinski definition) is 2. The first-order valence-electron chi connectivity index (χ1n) is 9.38. The molecule has 10 heteroatoms. The number of nitrogens with one attached hydrogen (secondary N) is 2. The SMILES string of the molecule is CCOC(=O)CCC(=O)NCCn1ncc2c(NCC(C)C)nc(SC)nc21. The van der Waals surface area contributed by atoms with Crippen LogP contribution in [-0.2, 0) is 20.9 Å². The fourth-order valence-electron chi connectivity index (χ4n) is 2.46. The molecule has 0 unspecified atom stereocenters. The highest BCUT2D eigenvalue weighted by Crippen LogP contribution is 2.23. The molecule has 2 rings (SSSR count). The zero-order valence-electron chi connectivity index (χ0n) is 16.8. The number of carbonyl (C=O) groups is 2. The largest absolute Gasteiger partial charge is 0.466 e. The first-order chi connectivity index (χ1) is 13.4. The van der Waals surface area contributed by atoms with E-state index in [1.165, 1.54) is 11.8 Å². The molecule has 154 valence electrons. The van der Waals surface area contributed by atoms with Crippen LogP contribution in [0.15, 0.2) is 11.4 Å². The summed E-state index contributed by atoms with van der Waals surface area (Å²) in [6.07, 6.45) is 3.86. The molecule has 28 heavy (non-hydrogen) atoms. The van der Waals surface area contributed by atoms with E-state index in [1.54, 1.807) is 17.8 Å². The fraction of sp³-hybridized carbons (Fsp3) is 0.611. The summed E-state index contributed by atoms with van der Waals surface area (Å²) in [5, 5.41) is 12.1. The van der Waals surface area contributed by atoms with Crippen LogP contribution >= 0.6 is 11.8 Å². The summed E-state index contributed by atoms with van der Waals surface area (Å²) in [6, 6.07) is 0. The smallest absolute Gasteiger partial charge is 0.306 e. The normalized spacial score (nSPS) is 11.0. The molecule has 2 aromatic rings. The Balaban J connectivity index is 1.98. The summed E-state index contributed by atoms with van der Waals surface area (Å²) in [6.45, 7) is 8.00. The number of amides is 1. The standard InChI is InChI=1S/C18H28N6O3S/c1-5-27-15(26)7-6-14(25)19-8-9-24-17-13(11-21-24)16(20-10-12(2)3)22-18(23-17)28-4/h11-12H,5-10H2,1-4H3,(H,19,25)(H,20,22,23). The van der Waals surface area contributed by atoms with Crippen molar-refractivity contribution in [3.8, 4) is 0 Å². The maximum absolute atomic E-state index is 11.9. The molecule has 9 nitrogen and oxygen atoms in total. The Kier molecular flexibility index (Phi) is 8.49. The van der Waals surface area contributed by atoms with Crippen molar-refractivity contribution in [3.63, 3.8) is 0 Å². The van der Waals surface area contributed by atoms with E-state index in [-0.39, 0.29) is 24.7 Å². The molecule has 0 aliphatic carbocycles. The van der Waals surface area contributed by atoms with Gasteiger partial charge in [-0.2, -0.15) is 5.10 Å². The average molecular weight is 409 g/mol. The number of fused-ring (bicyclic) bond motifs is 1. The molecule has 0 saturated heterocycles. The Labute approximate surface area is 169 Å². The second-order valence-corrected chi connectivity index (χ2v) is 7.37. The third-order valence-electron chi connectivity index (χ3n) is 3.84. The summed E-state index contributed by atoms with van der Waals surface area (Å²) < 4.78 is 6.57. The van der Waals surface area contributed by atoms with Crippen LogP contribution in [0.25, 0.3) is 11.0 Å². The molecular weight excluding hydrogens is 380 g/mol. The lowest BCUT2D eigenvalue weighted by Crippen LogP contribution is -2.28. The quantitative estimate of drug-likeness (QED) is 0.330. The molecule has 0 bridgehead atoms. The zero-order valence-corrected chi connectivity index (χ0v) is 17.6. The number of thioether (sulfide) groups is 1. The predicted octanol–water partition coefficient (Wildman–Crippen LogP) is 2.08. The van der Waals surface area contributed by atoms with E-state index < -0.39 is 0 Å². The van der Waals surface area contributed by atoms with Crippen molar-refractivity contribution in [2.75, 3.05) is 31.3 Å². The van der Waals surface area contributed by atoms with Crippen LogP contribution in [0.1, 0.15) is 33.6 Å². The van der Waals surface area contributed by atoms with E-state index in [2.05, 4.69) is 39.5 Å². The van der Waals surface area contributed by atoms with Gasteiger partial charge in [-0.3, -0.25) is 9.59 Å². The topological polar surface area (TPSA) is 111 Å². The van der Waals surface area contributed by atoms with Gasteiger partial charge in [0.1, 0.15) is 5.82 Å². The minimum absolute atomic E-state index is 0.0829. The van der Waals surface area contributed by atoms with E-state index in [4.69, 9.17) is 4.74 Å². The third-order valence-corrected chi connectivity index (χ3v) is 4.39. The summed E-state index contributed by atoms with van der Waals surface area (Å²) in [7, 11) is 0. The number of aromatic nitrogens is 4. The zero-order chi connectivity index (χ0) is 20.5. The molecule has 2 N–H and O–H groups in total. The summed E-state index contributed by atoms with van der Waals surface area (Å²) in [5.74, 6) is 0.706. The average Bonchev–Trinajstić information content (AvgIpc) is 3.07. The van der Waals surface area contributed by atoms with Gasteiger partial charge in [0.05, 0.1) is 31.2 Å². The lowest BCUT2D eigenvalue weighted by Gasteiger charge is -2.10. The van der Waals surface area contributed by atoms with E-state index in [9.17, 15) is 9.59 Å². The fourth-order valence-corrected chi connectivity index (χ4v) is 2.82. The minimum atomic E-state index is -0.363. The molecule has 0 atom stereocenters. The number of rotatable bonds is 11. The van der Waals surface area contributed by atoms with E-state index in [0.29, 0.717) is 30.8 Å². The number of nitrogens with zero attached hydrogens (tertiary/aromatic N) is 4. The Morgan fingerprint density at radius 3 is 2.75 bits per heavy atom. The Morgan fingerprint density at radius 1 is 1.29 bits per heavy atom. The third kappa shape index (κ3) is 6.36. The van der Waals surface area contributed by atoms with E-state index in [0.717, 1.165) is 23.4 Å². The molecule has 0 aromatic carbocycles. The number of anilines is 1. The van der Waals surface area contributed by atoms with Crippen molar-refractivity contribution in [2.24, 2.45) is 5.92 Å². The lowest BCUT2D eigenvalue weighted by molar-refractivity contribution is -0.144. The van der Waals surface area contributed by atoms with E-state index >= 15 is 0 Å². The number of carbonyl (C=O) groups excluding carboxylic acids is 2. The molecule has 0 aliphatic heterocycles. The highest BCUT2D eigenvalue weighted by Gasteiger charge is 2.13. The first kappa shape index (κ1) is 21.9. The maximum atomic E-state index is 11.9. The molecular formula is C18H28N6O3S. The second kappa shape index (κ2) is 10.8. The van der Waals surface area contributed by atoms with E-state index in [1.807, 2.05) is 6.26 Å². The summed E-state index contributed by atoms with van der Waals surface area (Å²) >= 11 is 1.47. The van der Waals surface area contributed by atoms with Crippen LogP contribution in [0.2, 0.25) is 0 Å². The molecule has 0 saturated carbocycles. The Hall–Kier alpha value is -2.36. The van der Waals surface area contributed by atoms with Crippen molar-refractivity contribution in [2.45, 2.75) is 45.3 Å². The summed E-state index contributed by atoms with van der Waals surface area (Å²) in [5.41, 5.74) is 0.728. The van der Waals surface area contributed by atoms with Crippen LogP contribution in [0, 0.1) is 5.92 Å². The predicted molar refractivity (Wildman–Crippen MR) is 109 cm³/mol. The summed E-state index contributed by atoms with van der Waals surface area (Å²) in [4.78, 5) is 32.3. The van der Waals surface area contributed by atoms with Gasteiger partial charge in [0, 0.05) is 19.5 Å². The molecule has 2 aromatic heterocycles. The van der Waals surface area contributed by atoms with Crippen LogP contribution in [-0.4, -0.2) is 57.6 Å². The van der Waals surface area contributed by atoms with Crippen LogP contribution in [0.4, 0.5) is 5.82 Å². The number of hydrogen-bond acceptors (Lipinski definition) is 8. The molecule has 0 spiro atoms. The second-order valence-electron chi connectivity index (χ2n) is 6.59. The van der Waals surface area contributed by atoms with Crippen molar-refractivity contribution in [1.29, 1.82) is 0 Å². The van der Waals surface area contributed by atoms with Crippen LogP contribution in [0.5, 0.6) is 0 Å². The van der Waals surface area contributed by atoms with Crippen LogP contribution < -0.4 is 10.6 Å². The number of ether oxygens (including phenoxy) is 1. The highest BCUT2D eigenvalue weighted by molar-refractivity contribution is 7.98. The maximum Gasteiger partial charge on any atom is 0.306 e. The molecule has 1 amide bonds. The lowest BCUT2D eigenvalue weighted by atomic mass is 10.2. The van der Waals surface area contributed by atoms with Gasteiger partial charge in [0.25, 0.3) is 0 Å². The molecule has 0 aliphatic rings. The van der Waals surface area contributed by atoms with Crippen molar-refractivity contribution < 1.29 is 14.3 Å². The van der Waals surface area contributed by atoms with Gasteiger partial charge in [0.2, 0.25) is 5.91 Å². The highest BCUT2D eigenvalue weighted by atomic mass is 32.2. The number of esters is 1. The molecule has 2 heterocycles. The molecule has 0 fully saturated rings. The van der Waals surface area contributed by atoms with Gasteiger partial charge in [0.15, 0.2) is 10.8 Å². The van der Waals surface area contributed by atoms with Gasteiger partial charge >= 0.3 is 5.97 Å². The Bertz CT molecular complexity index is 808. The van der Waals surface area contributed by atoms with Crippen molar-refractivity contribution >= 4 is 40.5 Å². The first-order valence-corrected chi connectivity index (χ1v) is 10.6. The minimum Gasteiger partial charge on any atom is -0.466 e.